The van der Waals surface area contributed by atoms with Crippen LogP contribution in [-0.4, -0.2) is 43.9 Å². The van der Waals surface area contributed by atoms with E-state index in [9.17, 15) is 10.1 Å². The maximum absolute atomic E-state index is 10.8. The first-order valence-electron chi connectivity index (χ1n) is 6.86. The second-order valence-corrected chi connectivity index (χ2v) is 4.85. The molecule has 21 heavy (non-hydrogen) atoms. The second-order valence-electron chi connectivity index (χ2n) is 4.85. The van der Waals surface area contributed by atoms with Crippen LogP contribution >= 0.6 is 0 Å². The number of rotatable bonds is 7. The third-order valence-corrected chi connectivity index (χ3v) is 3.62. The van der Waals surface area contributed by atoms with Crippen LogP contribution in [0.15, 0.2) is 18.2 Å². The molecule has 0 radical (unpaired) electrons. The van der Waals surface area contributed by atoms with E-state index in [0.717, 1.165) is 13.0 Å². The van der Waals surface area contributed by atoms with Gasteiger partial charge >= 0.3 is 0 Å². The normalized spacial score (nSPS) is 24.2. The SMILES string of the molecule is CCNC1CC(Oc2ccc([N+](=O)[O-])cc2OC)C1OC. The van der Waals surface area contributed by atoms with Gasteiger partial charge in [-0.2, -0.15) is 0 Å². The Kier molecular flexibility index (Phi) is 4.98. The van der Waals surface area contributed by atoms with Gasteiger partial charge in [0.2, 0.25) is 0 Å². The first-order valence-corrected chi connectivity index (χ1v) is 6.86. The maximum Gasteiger partial charge on any atom is 0.273 e. The largest absolute Gasteiger partial charge is 0.493 e. The molecule has 0 heterocycles. The predicted octanol–water partition coefficient (Wildman–Crippen LogP) is 1.75. The Bertz CT molecular complexity index is 508. The molecule has 7 nitrogen and oxygen atoms in total. The molecule has 0 aliphatic heterocycles. The van der Waals surface area contributed by atoms with E-state index in [2.05, 4.69) is 5.32 Å². The van der Waals surface area contributed by atoms with Gasteiger partial charge < -0.3 is 19.5 Å². The average Bonchev–Trinajstić information content (AvgIpc) is 2.46. The molecule has 1 aliphatic carbocycles. The Labute approximate surface area is 123 Å². The van der Waals surface area contributed by atoms with Crippen molar-refractivity contribution in [3.05, 3.63) is 28.3 Å². The molecule has 0 amide bonds. The van der Waals surface area contributed by atoms with Gasteiger partial charge in [-0.05, 0) is 12.6 Å². The molecule has 0 bridgehead atoms. The van der Waals surface area contributed by atoms with E-state index in [1.54, 1.807) is 13.2 Å². The van der Waals surface area contributed by atoms with Crippen LogP contribution in [0.2, 0.25) is 0 Å². The number of nitrogens with one attached hydrogen (secondary N) is 1. The Morgan fingerprint density at radius 1 is 1.38 bits per heavy atom. The number of nitro benzene ring substituents is 1. The van der Waals surface area contributed by atoms with Gasteiger partial charge in [0.05, 0.1) is 18.1 Å². The highest BCUT2D eigenvalue weighted by Crippen LogP contribution is 2.35. The average molecular weight is 296 g/mol. The Hall–Kier alpha value is -1.86. The van der Waals surface area contributed by atoms with Crippen LogP contribution in [0.5, 0.6) is 11.5 Å². The van der Waals surface area contributed by atoms with Crippen molar-refractivity contribution >= 4 is 5.69 Å². The molecule has 1 saturated carbocycles. The molecule has 116 valence electrons. The number of nitrogens with zero attached hydrogens (tertiary/aromatic N) is 1. The molecule has 1 aromatic carbocycles. The van der Waals surface area contributed by atoms with Crippen molar-refractivity contribution in [2.75, 3.05) is 20.8 Å². The first kappa shape index (κ1) is 15.5. The zero-order chi connectivity index (χ0) is 15.4. The fraction of sp³-hybridized carbons (Fsp3) is 0.571. The summed E-state index contributed by atoms with van der Waals surface area (Å²) in [4.78, 5) is 10.3. The molecule has 1 fully saturated rings. The monoisotopic (exact) mass is 296 g/mol. The molecule has 3 atom stereocenters. The van der Waals surface area contributed by atoms with Gasteiger partial charge in [0, 0.05) is 25.6 Å². The smallest absolute Gasteiger partial charge is 0.273 e. The maximum atomic E-state index is 10.8. The van der Waals surface area contributed by atoms with Crippen molar-refractivity contribution in [3.8, 4) is 11.5 Å². The number of non-ortho nitro benzene ring substituents is 1. The van der Waals surface area contributed by atoms with Crippen molar-refractivity contribution in [1.82, 2.24) is 5.32 Å². The summed E-state index contributed by atoms with van der Waals surface area (Å²) in [7, 11) is 3.11. The van der Waals surface area contributed by atoms with Crippen LogP contribution in [0.25, 0.3) is 0 Å². The molecule has 1 aromatic rings. The molecular weight excluding hydrogens is 276 g/mol. The molecule has 1 aliphatic rings. The molecule has 0 aromatic heterocycles. The second kappa shape index (κ2) is 6.73. The van der Waals surface area contributed by atoms with Crippen LogP contribution in [0.4, 0.5) is 5.69 Å². The van der Waals surface area contributed by atoms with Gasteiger partial charge in [0.25, 0.3) is 5.69 Å². The molecular formula is C14H20N2O5. The molecule has 7 heteroatoms. The van der Waals surface area contributed by atoms with E-state index in [4.69, 9.17) is 14.2 Å². The Morgan fingerprint density at radius 3 is 2.71 bits per heavy atom. The Balaban J connectivity index is 2.08. The summed E-state index contributed by atoms with van der Waals surface area (Å²) >= 11 is 0. The van der Waals surface area contributed by atoms with Crippen molar-refractivity contribution in [3.63, 3.8) is 0 Å². The fourth-order valence-electron chi connectivity index (χ4n) is 2.50. The zero-order valence-corrected chi connectivity index (χ0v) is 12.4. The van der Waals surface area contributed by atoms with Crippen molar-refractivity contribution in [2.45, 2.75) is 31.6 Å². The molecule has 1 N–H and O–H groups in total. The van der Waals surface area contributed by atoms with Crippen LogP contribution in [0.3, 0.4) is 0 Å². The van der Waals surface area contributed by atoms with Crippen LogP contribution in [-0.2, 0) is 4.74 Å². The minimum atomic E-state index is -0.463. The van der Waals surface area contributed by atoms with E-state index in [0.29, 0.717) is 11.5 Å². The molecule has 3 unspecified atom stereocenters. The summed E-state index contributed by atoms with van der Waals surface area (Å²) < 4.78 is 16.5. The van der Waals surface area contributed by atoms with Gasteiger partial charge in [-0.1, -0.05) is 6.92 Å². The van der Waals surface area contributed by atoms with Gasteiger partial charge in [-0.15, -0.1) is 0 Å². The number of hydrogen-bond donors (Lipinski definition) is 1. The van der Waals surface area contributed by atoms with Crippen molar-refractivity contribution < 1.29 is 19.1 Å². The van der Waals surface area contributed by atoms with Crippen LogP contribution in [0, 0.1) is 10.1 Å². The number of likely N-dealkylation sites (N-methyl/N-ethyl adjacent to an activating group) is 1. The molecule has 0 saturated heterocycles. The topological polar surface area (TPSA) is 82.9 Å². The van der Waals surface area contributed by atoms with Crippen molar-refractivity contribution in [1.29, 1.82) is 0 Å². The Morgan fingerprint density at radius 2 is 2.14 bits per heavy atom. The lowest BCUT2D eigenvalue weighted by Crippen LogP contribution is -2.60. The summed E-state index contributed by atoms with van der Waals surface area (Å²) in [5.41, 5.74) is -0.0263. The van der Waals surface area contributed by atoms with E-state index in [1.165, 1.54) is 19.2 Å². The number of methoxy groups -OCH3 is 2. The highest BCUT2D eigenvalue weighted by Gasteiger charge is 2.43. The highest BCUT2D eigenvalue weighted by molar-refractivity contribution is 5.48. The van der Waals surface area contributed by atoms with Gasteiger partial charge in [-0.3, -0.25) is 10.1 Å². The summed E-state index contributed by atoms with van der Waals surface area (Å²) in [5.74, 6) is 0.844. The number of nitro groups is 1. The van der Waals surface area contributed by atoms with Crippen LogP contribution < -0.4 is 14.8 Å². The summed E-state index contributed by atoms with van der Waals surface area (Å²) in [6.07, 6.45) is 0.700. The third kappa shape index (κ3) is 3.25. The lowest BCUT2D eigenvalue weighted by atomic mass is 9.85. The number of hydrogen-bond acceptors (Lipinski definition) is 6. The number of ether oxygens (including phenoxy) is 3. The quantitative estimate of drug-likeness (QED) is 0.609. The fourth-order valence-corrected chi connectivity index (χ4v) is 2.50. The standard InChI is InChI=1S/C14H20N2O5/c1-4-15-10-8-13(14(10)20-3)21-11-6-5-9(16(17)18)7-12(11)19-2/h5-7,10,13-15H,4,8H2,1-3H3. The van der Waals surface area contributed by atoms with E-state index >= 15 is 0 Å². The first-order chi connectivity index (χ1) is 10.1. The van der Waals surface area contributed by atoms with Gasteiger partial charge in [-0.25, -0.2) is 0 Å². The highest BCUT2D eigenvalue weighted by atomic mass is 16.6. The number of benzene rings is 1. The summed E-state index contributed by atoms with van der Waals surface area (Å²) in [6.45, 7) is 2.92. The lowest BCUT2D eigenvalue weighted by molar-refractivity contribution is -0.385. The summed E-state index contributed by atoms with van der Waals surface area (Å²) in [6, 6.07) is 4.59. The minimum absolute atomic E-state index is 0.0263. The summed E-state index contributed by atoms with van der Waals surface area (Å²) in [5, 5.41) is 14.1. The third-order valence-electron chi connectivity index (χ3n) is 3.62. The van der Waals surface area contributed by atoms with Crippen LogP contribution in [0.1, 0.15) is 13.3 Å². The van der Waals surface area contributed by atoms with Crippen molar-refractivity contribution in [2.24, 2.45) is 0 Å². The van der Waals surface area contributed by atoms with E-state index in [1.807, 2.05) is 6.92 Å². The van der Waals surface area contributed by atoms with Gasteiger partial charge in [0.1, 0.15) is 12.2 Å². The lowest BCUT2D eigenvalue weighted by Gasteiger charge is -2.43. The van der Waals surface area contributed by atoms with Gasteiger partial charge in [0.15, 0.2) is 11.5 Å². The predicted molar refractivity (Wildman–Crippen MR) is 76.9 cm³/mol. The van der Waals surface area contributed by atoms with E-state index < -0.39 is 4.92 Å². The molecule has 0 spiro atoms. The zero-order valence-electron chi connectivity index (χ0n) is 12.4. The molecule has 2 rings (SSSR count). The minimum Gasteiger partial charge on any atom is -0.493 e. The van der Waals surface area contributed by atoms with E-state index in [-0.39, 0.29) is 23.9 Å².